The molecule has 4 aromatic rings. The predicted octanol–water partition coefficient (Wildman–Crippen LogP) is 1.44. The van der Waals surface area contributed by atoms with Gasteiger partial charge in [0.25, 0.3) is 5.91 Å². The number of nitrogens with zero attached hydrogens (tertiary/aromatic N) is 9. The Balaban J connectivity index is 1.53. The number of hydrazone groups is 1. The lowest BCUT2D eigenvalue weighted by Gasteiger charge is -2.06. The first-order valence-corrected chi connectivity index (χ1v) is 10.2. The van der Waals surface area contributed by atoms with Gasteiger partial charge in [0.1, 0.15) is 6.33 Å². The van der Waals surface area contributed by atoms with Gasteiger partial charge in [0, 0.05) is 12.8 Å². The number of alkyl halides is 3. The molecule has 0 fully saturated rings. The predicted molar refractivity (Wildman–Crippen MR) is 111 cm³/mol. The number of aryl methyl sites for hydroxylation is 1. The summed E-state index contributed by atoms with van der Waals surface area (Å²) in [5.74, 6) is -0.592. The molecular formula is C17H14F3N11O2S. The number of anilines is 1. The fourth-order valence-corrected chi connectivity index (χ4v) is 3.51. The van der Waals surface area contributed by atoms with Crippen LogP contribution >= 0.6 is 11.8 Å². The summed E-state index contributed by atoms with van der Waals surface area (Å²) >= 11 is 1.24. The van der Waals surface area contributed by atoms with E-state index in [0.717, 1.165) is 12.1 Å². The van der Waals surface area contributed by atoms with Crippen molar-refractivity contribution in [2.45, 2.75) is 17.1 Å². The zero-order chi connectivity index (χ0) is 24.3. The first-order valence-electron chi connectivity index (χ1n) is 9.24. The van der Waals surface area contributed by atoms with E-state index in [1.54, 1.807) is 11.6 Å². The third kappa shape index (κ3) is 4.87. The summed E-state index contributed by atoms with van der Waals surface area (Å²) in [6.07, 6.45) is -1.74. The maximum absolute atomic E-state index is 12.7. The number of benzene rings is 1. The first kappa shape index (κ1) is 22.9. The van der Waals surface area contributed by atoms with Gasteiger partial charge in [-0.15, -0.1) is 15.3 Å². The summed E-state index contributed by atoms with van der Waals surface area (Å²) in [6, 6.07) is 4.26. The highest BCUT2D eigenvalue weighted by molar-refractivity contribution is 7.98. The Morgan fingerprint density at radius 1 is 1.26 bits per heavy atom. The Hall–Kier alpha value is -4.28. The van der Waals surface area contributed by atoms with Gasteiger partial charge in [0.2, 0.25) is 11.6 Å². The molecular weight excluding hydrogens is 479 g/mol. The number of rotatable bonds is 7. The molecule has 3 N–H and O–H groups in total. The van der Waals surface area contributed by atoms with Gasteiger partial charge in [0.05, 0.1) is 17.5 Å². The molecule has 3 heterocycles. The van der Waals surface area contributed by atoms with Crippen molar-refractivity contribution in [3.05, 3.63) is 53.1 Å². The molecule has 0 spiro atoms. The molecule has 0 saturated carbocycles. The third-order valence-electron chi connectivity index (χ3n) is 4.30. The van der Waals surface area contributed by atoms with Crippen LogP contribution in [0.3, 0.4) is 0 Å². The van der Waals surface area contributed by atoms with Gasteiger partial charge >= 0.3 is 6.18 Å². The second kappa shape index (κ2) is 9.30. The highest BCUT2D eigenvalue weighted by Crippen LogP contribution is 2.29. The van der Waals surface area contributed by atoms with Crippen LogP contribution in [0.25, 0.3) is 5.82 Å². The minimum atomic E-state index is -4.45. The molecule has 0 unspecified atom stereocenters. The highest BCUT2D eigenvalue weighted by atomic mass is 32.2. The number of amides is 1. The van der Waals surface area contributed by atoms with Crippen LogP contribution in [0.15, 0.2) is 45.5 Å². The largest absolute Gasteiger partial charge is 0.416 e. The number of thioether (sulfide) groups is 1. The van der Waals surface area contributed by atoms with Gasteiger partial charge in [-0.1, -0.05) is 29.1 Å². The Morgan fingerprint density at radius 3 is 2.65 bits per heavy atom. The van der Waals surface area contributed by atoms with Crippen molar-refractivity contribution >= 4 is 29.7 Å². The Labute approximate surface area is 192 Å². The van der Waals surface area contributed by atoms with E-state index in [0.29, 0.717) is 10.7 Å². The summed E-state index contributed by atoms with van der Waals surface area (Å²) in [5, 5.41) is 27.0. The van der Waals surface area contributed by atoms with Crippen LogP contribution in [0.1, 0.15) is 27.3 Å². The number of nitrogen functional groups attached to an aromatic ring is 1. The third-order valence-corrected chi connectivity index (χ3v) is 5.35. The van der Waals surface area contributed by atoms with E-state index in [1.165, 1.54) is 41.1 Å². The molecule has 1 aromatic carbocycles. The normalized spacial score (nSPS) is 11.9. The quantitative estimate of drug-likeness (QED) is 0.218. The van der Waals surface area contributed by atoms with Gasteiger partial charge in [0.15, 0.2) is 10.9 Å². The minimum absolute atomic E-state index is 0.0355. The van der Waals surface area contributed by atoms with E-state index in [4.69, 9.17) is 5.73 Å². The molecule has 17 heteroatoms. The molecule has 13 nitrogen and oxygen atoms in total. The molecule has 0 saturated heterocycles. The summed E-state index contributed by atoms with van der Waals surface area (Å²) in [5.41, 5.74) is 7.75. The van der Waals surface area contributed by atoms with Crippen LogP contribution < -0.4 is 11.2 Å². The van der Waals surface area contributed by atoms with Crippen molar-refractivity contribution in [1.29, 1.82) is 0 Å². The fourth-order valence-electron chi connectivity index (χ4n) is 2.63. The van der Waals surface area contributed by atoms with Crippen LogP contribution in [0.5, 0.6) is 0 Å². The SMILES string of the molecule is Cn1cnnc1SCc1c(C(=O)N/N=C\c2ccc(C(F)(F)F)cc2)nnn1-c1nonc1N. The maximum Gasteiger partial charge on any atom is 0.416 e. The van der Waals surface area contributed by atoms with Crippen molar-refractivity contribution in [3.63, 3.8) is 0 Å². The number of aromatic nitrogens is 8. The summed E-state index contributed by atoms with van der Waals surface area (Å²) in [7, 11) is 1.75. The Morgan fingerprint density at radius 2 is 2.03 bits per heavy atom. The fraction of sp³-hybridized carbons (Fsp3) is 0.176. The van der Waals surface area contributed by atoms with E-state index in [-0.39, 0.29) is 28.8 Å². The van der Waals surface area contributed by atoms with Crippen LogP contribution in [0.2, 0.25) is 0 Å². The lowest BCUT2D eigenvalue weighted by atomic mass is 10.1. The van der Waals surface area contributed by atoms with Crippen LogP contribution in [0, 0.1) is 0 Å². The van der Waals surface area contributed by atoms with Gasteiger partial charge in [-0.3, -0.25) is 4.79 Å². The van der Waals surface area contributed by atoms with E-state index >= 15 is 0 Å². The summed E-state index contributed by atoms with van der Waals surface area (Å²) in [6.45, 7) is 0. The average molecular weight is 493 g/mol. The highest BCUT2D eigenvalue weighted by Gasteiger charge is 2.30. The Kier molecular flexibility index (Phi) is 6.26. The van der Waals surface area contributed by atoms with Crippen molar-refractivity contribution in [2.75, 3.05) is 5.73 Å². The second-order valence-electron chi connectivity index (χ2n) is 6.60. The van der Waals surface area contributed by atoms with E-state index in [1.807, 2.05) is 0 Å². The lowest BCUT2D eigenvalue weighted by molar-refractivity contribution is -0.137. The number of carbonyl (C=O) groups is 1. The van der Waals surface area contributed by atoms with Crippen molar-refractivity contribution in [2.24, 2.45) is 12.1 Å². The molecule has 4 rings (SSSR count). The first-order chi connectivity index (χ1) is 16.2. The molecule has 1 amide bonds. The van der Waals surface area contributed by atoms with Crippen molar-refractivity contribution in [3.8, 4) is 5.82 Å². The van der Waals surface area contributed by atoms with E-state index < -0.39 is 17.6 Å². The second-order valence-corrected chi connectivity index (χ2v) is 7.54. The van der Waals surface area contributed by atoms with Gasteiger partial charge < -0.3 is 10.3 Å². The lowest BCUT2D eigenvalue weighted by Crippen LogP contribution is -2.20. The average Bonchev–Trinajstić information content (AvgIpc) is 3.51. The number of carbonyl (C=O) groups excluding carboxylic acids is 1. The van der Waals surface area contributed by atoms with Crippen LogP contribution in [-0.2, 0) is 19.0 Å². The van der Waals surface area contributed by atoms with E-state index in [9.17, 15) is 18.0 Å². The molecule has 176 valence electrons. The molecule has 0 aliphatic heterocycles. The summed E-state index contributed by atoms with van der Waals surface area (Å²) in [4.78, 5) is 12.7. The number of nitrogens with one attached hydrogen (secondary N) is 1. The molecule has 34 heavy (non-hydrogen) atoms. The molecule has 0 atom stereocenters. The van der Waals surface area contributed by atoms with E-state index in [2.05, 4.69) is 46.0 Å². The van der Waals surface area contributed by atoms with Gasteiger partial charge in [-0.05, 0) is 28.0 Å². The molecule has 3 aromatic heterocycles. The van der Waals surface area contributed by atoms with Crippen LogP contribution in [0.4, 0.5) is 19.0 Å². The van der Waals surface area contributed by atoms with Crippen molar-refractivity contribution < 1.29 is 22.6 Å². The topological polar surface area (TPSA) is 168 Å². The number of halogens is 3. The molecule has 0 bridgehead atoms. The van der Waals surface area contributed by atoms with Gasteiger partial charge in [-0.2, -0.15) is 23.0 Å². The maximum atomic E-state index is 12.7. The number of hydrogen-bond acceptors (Lipinski definition) is 11. The number of hydrogen-bond donors (Lipinski definition) is 2. The monoisotopic (exact) mass is 493 g/mol. The zero-order valence-electron chi connectivity index (χ0n) is 17.1. The molecule has 0 aliphatic carbocycles. The standard InChI is InChI=1S/C17H14F3N11O2S/c1-30-8-23-26-16(30)34-7-11-12(24-29-31(11)14-13(21)27-33-28-14)15(32)25-22-6-9-2-4-10(5-3-9)17(18,19)20/h2-6,8H,7H2,1H3,(H2,21,27)(H,25,32)/b22-6-. The van der Waals surface area contributed by atoms with Crippen LogP contribution in [-0.4, -0.2) is 52.2 Å². The van der Waals surface area contributed by atoms with Crippen molar-refractivity contribution in [1.82, 2.24) is 45.5 Å². The number of nitrogens with two attached hydrogens (primary N) is 1. The zero-order valence-corrected chi connectivity index (χ0v) is 17.9. The Bertz CT molecular complexity index is 1330. The van der Waals surface area contributed by atoms with Gasteiger partial charge in [-0.25, -0.2) is 10.1 Å². The summed E-state index contributed by atoms with van der Waals surface area (Å²) < 4.78 is 45.5. The molecule has 0 aliphatic rings. The molecule has 0 radical (unpaired) electrons. The minimum Gasteiger partial charge on any atom is -0.378 e. The smallest absolute Gasteiger partial charge is 0.378 e.